The number of hydrogen-bond donors (Lipinski definition) is 0. The molecule has 3 heteroatoms. The predicted molar refractivity (Wildman–Crippen MR) is 56.8 cm³/mol. The average Bonchev–Trinajstić information content (AvgIpc) is 2.40. The molecule has 1 saturated heterocycles. The van der Waals surface area contributed by atoms with Gasteiger partial charge in [-0.25, -0.2) is 0 Å². The van der Waals surface area contributed by atoms with Crippen LogP contribution in [0.4, 0.5) is 0 Å². The summed E-state index contributed by atoms with van der Waals surface area (Å²) in [6, 6.07) is 2.27. The Kier molecular flexibility index (Phi) is 1.66. The second-order valence-corrected chi connectivity index (χ2v) is 6.28. The summed E-state index contributed by atoms with van der Waals surface area (Å²) in [5.41, 5.74) is -1.01. The molecule has 0 aromatic carbocycles. The van der Waals surface area contributed by atoms with Crippen molar-refractivity contribution < 1.29 is 4.79 Å². The lowest BCUT2D eigenvalue weighted by Crippen LogP contribution is -2.47. The van der Waals surface area contributed by atoms with Gasteiger partial charge in [-0.05, 0) is 26.2 Å². The Morgan fingerprint density at radius 1 is 1.47 bits per heavy atom. The maximum atomic E-state index is 12.3. The molecule has 2 rings (SSSR count). The van der Waals surface area contributed by atoms with E-state index in [0.29, 0.717) is 0 Å². The van der Waals surface area contributed by atoms with E-state index in [0.717, 1.165) is 6.54 Å². The van der Waals surface area contributed by atoms with Gasteiger partial charge in [-0.1, -0.05) is 13.8 Å². The van der Waals surface area contributed by atoms with Crippen molar-refractivity contribution in [2.45, 2.75) is 40.2 Å². The fourth-order valence-electron chi connectivity index (χ4n) is 2.99. The molecule has 1 aliphatic heterocycles. The van der Waals surface area contributed by atoms with E-state index in [1.807, 2.05) is 39.5 Å². The van der Waals surface area contributed by atoms with Crippen molar-refractivity contribution in [3.8, 4) is 6.07 Å². The van der Waals surface area contributed by atoms with Gasteiger partial charge < -0.3 is 4.90 Å². The van der Waals surface area contributed by atoms with Crippen molar-refractivity contribution in [1.82, 2.24) is 4.90 Å². The van der Waals surface area contributed by atoms with E-state index in [-0.39, 0.29) is 22.8 Å². The van der Waals surface area contributed by atoms with E-state index in [1.54, 1.807) is 0 Å². The minimum Gasteiger partial charge on any atom is -0.336 e. The molecule has 82 valence electrons. The molecule has 0 unspecified atom stereocenters. The summed E-state index contributed by atoms with van der Waals surface area (Å²) in [4.78, 5) is 14.1. The Labute approximate surface area is 91.1 Å². The largest absolute Gasteiger partial charge is 0.336 e. The molecule has 3 nitrogen and oxygen atoms in total. The Morgan fingerprint density at radius 2 is 2.00 bits per heavy atom. The molecule has 1 saturated carbocycles. The van der Waals surface area contributed by atoms with Crippen LogP contribution >= 0.6 is 0 Å². The highest BCUT2D eigenvalue weighted by atomic mass is 16.2. The summed E-state index contributed by atoms with van der Waals surface area (Å²) in [5.74, 6) is 0.259. The summed E-state index contributed by atoms with van der Waals surface area (Å²) in [6.07, 6.45) is 0. The van der Waals surface area contributed by atoms with Crippen LogP contribution in [0.2, 0.25) is 0 Å². The second-order valence-electron chi connectivity index (χ2n) is 6.28. The van der Waals surface area contributed by atoms with Crippen molar-refractivity contribution >= 4 is 5.91 Å². The average molecular weight is 206 g/mol. The molecule has 2 fully saturated rings. The summed E-state index contributed by atoms with van der Waals surface area (Å²) in [5, 5.41) is 9.26. The molecule has 1 aliphatic carbocycles. The van der Waals surface area contributed by atoms with Crippen molar-refractivity contribution in [3.05, 3.63) is 0 Å². The number of fused-ring (bicyclic) bond motifs is 1. The summed E-state index contributed by atoms with van der Waals surface area (Å²) >= 11 is 0. The van der Waals surface area contributed by atoms with Crippen LogP contribution in [0.15, 0.2) is 0 Å². The Hall–Kier alpha value is -1.04. The molecule has 2 atom stereocenters. The normalized spacial score (nSPS) is 37.5. The van der Waals surface area contributed by atoms with Gasteiger partial charge in [-0.3, -0.25) is 4.79 Å². The Bertz CT molecular complexity index is 372. The van der Waals surface area contributed by atoms with Gasteiger partial charge in [0.2, 0.25) is 5.91 Å². The van der Waals surface area contributed by atoms with Crippen LogP contribution in [0.3, 0.4) is 0 Å². The minimum absolute atomic E-state index is 0.0347. The van der Waals surface area contributed by atoms with E-state index >= 15 is 0 Å². The number of hydrogen-bond acceptors (Lipinski definition) is 2. The first-order chi connectivity index (χ1) is 6.69. The molecule has 0 N–H and O–H groups in total. The van der Waals surface area contributed by atoms with Gasteiger partial charge in [0.05, 0.1) is 6.07 Å². The third-order valence-electron chi connectivity index (χ3n) is 4.26. The number of amides is 1. The summed E-state index contributed by atoms with van der Waals surface area (Å²) in [6.45, 7) is 10.9. The van der Waals surface area contributed by atoms with Crippen molar-refractivity contribution in [1.29, 1.82) is 5.26 Å². The first-order valence-corrected chi connectivity index (χ1v) is 5.43. The maximum absolute atomic E-state index is 12.3. The molecule has 1 heterocycles. The third kappa shape index (κ3) is 0.928. The number of nitriles is 1. The van der Waals surface area contributed by atoms with Gasteiger partial charge >= 0.3 is 0 Å². The lowest BCUT2D eigenvalue weighted by atomic mass is 9.94. The first-order valence-electron chi connectivity index (χ1n) is 5.43. The maximum Gasteiger partial charge on any atom is 0.244 e. The van der Waals surface area contributed by atoms with E-state index < -0.39 is 5.41 Å². The predicted octanol–water partition coefficient (Wildman–Crippen LogP) is 1.79. The van der Waals surface area contributed by atoms with Gasteiger partial charge in [-0.15, -0.1) is 0 Å². The van der Waals surface area contributed by atoms with Crippen molar-refractivity contribution in [3.63, 3.8) is 0 Å². The number of carbonyl (C=O) groups is 1. The lowest BCUT2D eigenvalue weighted by molar-refractivity contribution is -0.137. The summed E-state index contributed by atoms with van der Waals surface area (Å²) in [7, 11) is 0. The van der Waals surface area contributed by atoms with Crippen LogP contribution in [0.25, 0.3) is 0 Å². The van der Waals surface area contributed by atoms with Crippen LogP contribution in [0.1, 0.15) is 34.6 Å². The third-order valence-corrected chi connectivity index (χ3v) is 4.26. The zero-order valence-corrected chi connectivity index (χ0v) is 10.1. The number of piperidine rings is 1. The minimum atomic E-state index is -0.722. The molecule has 1 amide bonds. The highest BCUT2D eigenvalue weighted by molar-refractivity contribution is 5.94. The fraction of sp³-hybridized carbons (Fsp3) is 0.833. The van der Waals surface area contributed by atoms with Crippen LogP contribution in [-0.4, -0.2) is 22.9 Å². The van der Waals surface area contributed by atoms with Crippen molar-refractivity contribution in [2.24, 2.45) is 16.7 Å². The SMILES string of the molecule is CC(C)(C)N1C[C@H]2C(C)(C)[C@@]2(C#N)C1=O. The standard InChI is InChI=1S/C12H18N2O/c1-10(2,3)14-6-8-11(4,5)12(8,7-13)9(14)15/h8H,6H2,1-5H3/t8-,12+/m0/s1. The van der Waals surface area contributed by atoms with Gasteiger partial charge in [0.15, 0.2) is 0 Å². The number of rotatable bonds is 0. The fourth-order valence-corrected chi connectivity index (χ4v) is 2.99. The Morgan fingerprint density at radius 3 is 2.33 bits per heavy atom. The molecule has 0 aromatic rings. The molecule has 15 heavy (non-hydrogen) atoms. The molecule has 0 bridgehead atoms. The Balaban J connectivity index is 2.36. The topological polar surface area (TPSA) is 44.1 Å². The van der Waals surface area contributed by atoms with E-state index in [9.17, 15) is 10.1 Å². The highest BCUT2D eigenvalue weighted by Crippen LogP contribution is 2.73. The van der Waals surface area contributed by atoms with Crippen LogP contribution in [0.5, 0.6) is 0 Å². The molecular weight excluding hydrogens is 188 g/mol. The zero-order valence-electron chi connectivity index (χ0n) is 10.1. The van der Waals surface area contributed by atoms with Gasteiger partial charge in [0.25, 0.3) is 0 Å². The number of carbonyl (C=O) groups excluding carboxylic acids is 1. The van der Waals surface area contributed by atoms with Crippen LogP contribution in [0, 0.1) is 28.1 Å². The monoisotopic (exact) mass is 206 g/mol. The quantitative estimate of drug-likeness (QED) is 0.606. The molecule has 0 aromatic heterocycles. The second kappa shape index (κ2) is 2.37. The van der Waals surface area contributed by atoms with E-state index in [1.165, 1.54) is 0 Å². The molecule has 0 spiro atoms. The molecular formula is C12H18N2O. The van der Waals surface area contributed by atoms with Crippen molar-refractivity contribution in [2.75, 3.05) is 6.54 Å². The zero-order chi connectivity index (χ0) is 11.6. The highest BCUT2D eigenvalue weighted by Gasteiger charge is 2.81. The van der Waals surface area contributed by atoms with E-state index in [4.69, 9.17) is 0 Å². The number of likely N-dealkylation sites (tertiary alicyclic amines) is 1. The van der Waals surface area contributed by atoms with Gasteiger partial charge in [0.1, 0.15) is 5.41 Å². The number of nitrogens with zero attached hydrogens (tertiary/aromatic N) is 2. The van der Waals surface area contributed by atoms with Crippen LogP contribution < -0.4 is 0 Å². The van der Waals surface area contributed by atoms with E-state index in [2.05, 4.69) is 6.07 Å². The smallest absolute Gasteiger partial charge is 0.244 e. The van der Waals surface area contributed by atoms with Gasteiger partial charge in [0, 0.05) is 18.0 Å². The summed E-state index contributed by atoms with van der Waals surface area (Å²) < 4.78 is 0. The molecule has 2 aliphatic rings. The lowest BCUT2D eigenvalue weighted by Gasteiger charge is -2.35. The molecule has 0 radical (unpaired) electrons. The van der Waals surface area contributed by atoms with Gasteiger partial charge in [-0.2, -0.15) is 5.26 Å². The first kappa shape index (κ1) is 10.5. The van der Waals surface area contributed by atoms with Crippen LogP contribution in [-0.2, 0) is 4.79 Å².